The topological polar surface area (TPSA) is 135 Å². The Labute approximate surface area is 213 Å². The van der Waals surface area contributed by atoms with Gasteiger partial charge >= 0.3 is 6.01 Å². The van der Waals surface area contributed by atoms with Gasteiger partial charge in [0, 0.05) is 18.9 Å². The number of pyridine rings is 1. The molecule has 9 nitrogen and oxygen atoms in total. The summed E-state index contributed by atoms with van der Waals surface area (Å²) in [4.78, 5) is 39.7. The first kappa shape index (κ1) is 25.7. The molecule has 36 heavy (non-hydrogen) atoms. The molecule has 2 aromatic heterocycles. The zero-order valence-corrected chi connectivity index (χ0v) is 21.6. The summed E-state index contributed by atoms with van der Waals surface area (Å²) in [6.07, 6.45) is 2.77. The minimum atomic E-state index is -2.79. The average molecular weight is 513 g/mol. The molecule has 0 saturated carbocycles. The van der Waals surface area contributed by atoms with Gasteiger partial charge in [0.05, 0.1) is 35.2 Å². The van der Waals surface area contributed by atoms with Crippen molar-refractivity contribution >= 4 is 28.1 Å². The number of aromatic nitrogens is 3. The first-order valence-electron chi connectivity index (χ1n) is 11.6. The maximum Gasteiger partial charge on any atom is 0.316 e. The van der Waals surface area contributed by atoms with Gasteiger partial charge in [-0.1, -0.05) is 12.1 Å². The number of nitrogens with zero attached hydrogens (tertiary/aromatic N) is 3. The molecule has 0 saturated heterocycles. The second-order valence-electron chi connectivity index (χ2n) is 9.06. The van der Waals surface area contributed by atoms with Crippen LogP contribution in [0, 0.1) is 6.92 Å². The van der Waals surface area contributed by atoms with Gasteiger partial charge in [-0.15, -0.1) is 0 Å². The molecule has 0 spiro atoms. The van der Waals surface area contributed by atoms with Gasteiger partial charge in [-0.25, -0.2) is 9.97 Å². The molecular weight excluding hydrogens is 480 g/mol. The van der Waals surface area contributed by atoms with E-state index in [1.54, 1.807) is 49.5 Å². The minimum Gasteiger partial charge on any atom is -0.467 e. The number of carbonyl (C=O) groups is 2. The minimum absolute atomic E-state index is 0. The summed E-state index contributed by atoms with van der Waals surface area (Å²) in [6, 6.07) is 10.4. The molecule has 1 amide bonds. The number of rotatable bonds is 7. The Morgan fingerprint density at radius 3 is 2.61 bits per heavy atom. The fourth-order valence-electron chi connectivity index (χ4n) is 4.41. The Hall–Kier alpha value is -3.34. The number of Topliss-reactive ketones (excluding diaryl/α,β-unsaturated/α-hetero) is 1. The number of fused-ring (bicyclic) bond motifs is 1. The molecule has 0 bridgehead atoms. The molecule has 2 heterocycles. The van der Waals surface area contributed by atoms with Crippen molar-refractivity contribution < 1.29 is 24.9 Å². The standard InChI is InChI=1S/C26H30N4O5S.H2/c1-5-36(33,34)18-8-6-17(7-9-18)15-22(31)30-21-14-16(2)23-19(28-21)10-12-26(3,24(23)32)20-11-13-27-25(29-20)35-4;/h6-9,11,13-14,33-34H,5,10,12,15H2,1-4H3,(H,28,30,31);1H. The van der Waals surface area contributed by atoms with Crippen LogP contribution in [0.3, 0.4) is 0 Å². The Morgan fingerprint density at radius 1 is 1.22 bits per heavy atom. The lowest BCUT2D eigenvalue weighted by atomic mass is 9.70. The van der Waals surface area contributed by atoms with Gasteiger partial charge in [0.2, 0.25) is 5.91 Å². The molecule has 192 valence electrons. The summed E-state index contributed by atoms with van der Waals surface area (Å²) in [5, 5.41) is 2.83. The zero-order chi connectivity index (χ0) is 26.1. The van der Waals surface area contributed by atoms with Crippen molar-refractivity contribution in [3.63, 3.8) is 0 Å². The normalized spacial score (nSPS) is 17.9. The van der Waals surface area contributed by atoms with Gasteiger partial charge in [-0.3, -0.25) is 18.7 Å². The number of aryl methyl sites for hydroxylation is 2. The van der Waals surface area contributed by atoms with E-state index >= 15 is 0 Å². The van der Waals surface area contributed by atoms with Crippen molar-refractivity contribution in [3.8, 4) is 6.01 Å². The van der Waals surface area contributed by atoms with E-state index in [2.05, 4.69) is 20.3 Å². The van der Waals surface area contributed by atoms with E-state index < -0.39 is 16.0 Å². The molecule has 1 atom stereocenters. The van der Waals surface area contributed by atoms with Gasteiger partial charge in [-0.2, -0.15) is 15.6 Å². The number of methoxy groups -OCH3 is 1. The van der Waals surface area contributed by atoms with E-state index in [0.717, 1.165) is 11.1 Å². The quantitative estimate of drug-likeness (QED) is 0.410. The molecule has 3 N–H and O–H groups in total. The van der Waals surface area contributed by atoms with Gasteiger partial charge in [0.15, 0.2) is 5.78 Å². The van der Waals surface area contributed by atoms with Crippen LogP contribution in [0.5, 0.6) is 6.01 Å². The molecular formula is C26H32N4O5S. The van der Waals surface area contributed by atoms with Gasteiger partial charge in [0.1, 0.15) is 5.82 Å². The number of anilines is 1. The van der Waals surface area contributed by atoms with E-state index in [0.29, 0.717) is 40.5 Å². The number of ketones is 1. The highest BCUT2D eigenvalue weighted by molar-refractivity contribution is 8.24. The molecule has 1 unspecified atom stereocenters. The number of amides is 1. The summed E-state index contributed by atoms with van der Waals surface area (Å²) < 4.78 is 25.2. The fraction of sp³-hybridized carbons (Fsp3) is 0.346. The zero-order valence-electron chi connectivity index (χ0n) is 20.7. The lowest BCUT2D eigenvalue weighted by Crippen LogP contribution is -2.39. The Balaban J connectivity index is 0.00000380. The number of ether oxygens (including phenoxy) is 1. The van der Waals surface area contributed by atoms with Crippen LogP contribution in [0.1, 0.15) is 54.6 Å². The summed E-state index contributed by atoms with van der Waals surface area (Å²) in [7, 11) is -1.30. The van der Waals surface area contributed by atoms with Crippen LogP contribution in [-0.2, 0) is 23.1 Å². The summed E-state index contributed by atoms with van der Waals surface area (Å²) in [5.74, 6) is 0.320. The van der Waals surface area contributed by atoms with Crippen LogP contribution < -0.4 is 10.1 Å². The third kappa shape index (κ3) is 4.97. The van der Waals surface area contributed by atoms with Crippen LogP contribution in [0.25, 0.3) is 0 Å². The molecule has 1 aliphatic rings. The van der Waals surface area contributed by atoms with Crippen LogP contribution in [0.15, 0.2) is 47.5 Å². The van der Waals surface area contributed by atoms with E-state index in [-0.39, 0.29) is 31.3 Å². The van der Waals surface area contributed by atoms with E-state index in [1.165, 1.54) is 7.11 Å². The molecule has 10 heteroatoms. The second-order valence-corrected chi connectivity index (χ2v) is 11.4. The van der Waals surface area contributed by atoms with Crippen molar-refractivity contribution in [3.05, 3.63) is 70.7 Å². The highest BCUT2D eigenvalue weighted by Gasteiger charge is 2.43. The third-order valence-electron chi connectivity index (χ3n) is 6.60. The molecule has 0 fully saturated rings. The molecule has 1 aromatic carbocycles. The second kappa shape index (κ2) is 9.96. The number of benzene rings is 1. The van der Waals surface area contributed by atoms with Crippen molar-refractivity contribution in [2.45, 2.75) is 50.3 Å². The lowest BCUT2D eigenvalue weighted by Gasteiger charge is -2.33. The molecule has 1 aliphatic carbocycles. The number of carbonyl (C=O) groups excluding carboxylic acids is 2. The predicted molar refractivity (Wildman–Crippen MR) is 140 cm³/mol. The summed E-state index contributed by atoms with van der Waals surface area (Å²) in [5.41, 5.74) is 2.47. The van der Waals surface area contributed by atoms with E-state index in [9.17, 15) is 18.7 Å². The maximum absolute atomic E-state index is 13.6. The SMILES string of the molecule is CCS(O)(O)c1ccc(CC(=O)Nc2cc(C)c3c(n2)CCC(C)(c2ccnc(OC)n2)C3=O)cc1.[HH]. The molecule has 0 radical (unpaired) electrons. The van der Waals surface area contributed by atoms with Crippen LogP contribution >= 0.6 is 10.6 Å². The Bertz CT molecular complexity index is 1320. The highest BCUT2D eigenvalue weighted by atomic mass is 32.3. The van der Waals surface area contributed by atoms with Gasteiger partial charge < -0.3 is 10.1 Å². The average Bonchev–Trinajstić information content (AvgIpc) is 2.86. The lowest BCUT2D eigenvalue weighted by molar-refractivity contribution is -0.115. The van der Waals surface area contributed by atoms with Crippen molar-refractivity contribution in [1.29, 1.82) is 0 Å². The van der Waals surface area contributed by atoms with E-state index in [1.807, 2.05) is 13.8 Å². The first-order valence-corrected chi connectivity index (χ1v) is 13.4. The van der Waals surface area contributed by atoms with Crippen molar-refractivity contribution in [2.75, 3.05) is 18.2 Å². The summed E-state index contributed by atoms with van der Waals surface area (Å²) >= 11 is 0. The number of nitrogens with one attached hydrogen (secondary N) is 1. The van der Waals surface area contributed by atoms with Crippen molar-refractivity contribution in [2.24, 2.45) is 0 Å². The predicted octanol–water partition coefficient (Wildman–Crippen LogP) is 4.83. The Kier molecular flexibility index (Phi) is 7.12. The van der Waals surface area contributed by atoms with Crippen LogP contribution in [0.4, 0.5) is 5.82 Å². The summed E-state index contributed by atoms with van der Waals surface area (Å²) in [6.45, 7) is 5.43. The van der Waals surface area contributed by atoms with Gasteiger partial charge in [0.25, 0.3) is 0 Å². The number of hydrogen-bond acceptors (Lipinski definition) is 8. The monoisotopic (exact) mass is 512 g/mol. The Morgan fingerprint density at radius 2 is 1.94 bits per heavy atom. The smallest absolute Gasteiger partial charge is 0.316 e. The largest absolute Gasteiger partial charge is 0.467 e. The van der Waals surface area contributed by atoms with E-state index in [4.69, 9.17) is 4.74 Å². The molecule has 0 aliphatic heterocycles. The molecule has 3 aromatic rings. The molecule has 4 rings (SSSR count). The number of hydrogen-bond donors (Lipinski definition) is 3. The highest BCUT2D eigenvalue weighted by Crippen LogP contribution is 2.47. The third-order valence-corrected chi connectivity index (χ3v) is 8.43. The first-order chi connectivity index (χ1) is 17.1. The van der Waals surface area contributed by atoms with Crippen LogP contribution in [0.2, 0.25) is 0 Å². The van der Waals surface area contributed by atoms with Crippen LogP contribution in [-0.4, -0.2) is 48.6 Å². The fourth-order valence-corrected chi connectivity index (χ4v) is 5.31. The van der Waals surface area contributed by atoms with Gasteiger partial charge in [-0.05, 0) is 69.0 Å². The maximum atomic E-state index is 13.6. The van der Waals surface area contributed by atoms with Crippen molar-refractivity contribution in [1.82, 2.24) is 15.0 Å².